The van der Waals surface area contributed by atoms with Crippen LogP contribution in [0.4, 0.5) is 0 Å². The zero-order valence-corrected chi connectivity index (χ0v) is 7.81. The highest BCUT2D eigenvalue weighted by molar-refractivity contribution is 5.80. The van der Waals surface area contributed by atoms with Crippen molar-refractivity contribution in [2.45, 2.75) is 40.0 Å². The molecule has 2 heteroatoms. The lowest BCUT2D eigenvalue weighted by Crippen LogP contribution is -2.18. The van der Waals surface area contributed by atoms with Gasteiger partial charge in [0.2, 0.25) is 5.91 Å². The molecule has 1 amide bonds. The molecule has 1 N–H and O–H groups in total. The summed E-state index contributed by atoms with van der Waals surface area (Å²) in [6.45, 7) is 7.19. The van der Waals surface area contributed by atoms with E-state index in [1.807, 2.05) is 0 Å². The molecule has 1 fully saturated rings. The van der Waals surface area contributed by atoms with Gasteiger partial charge < -0.3 is 5.32 Å². The van der Waals surface area contributed by atoms with Crippen LogP contribution in [0.2, 0.25) is 0 Å². The summed E-state index contributed by atoms with van der Waals surface area (Å²) in [4.78, 5) is 10.7. The molecule has 0 aliphatic carbocycles. The molecule has 1 rings (SSSR count). The molecule has 2 nitrogen and oxygen atoms in total. The minimum Gasteiger partial charge on any atom is -0.356 e. The first-order valence-corrected chi connectivity index (χ1v) is 4.53. The van der Waals surface area contributed by atoms with E-state index in [0.29, 0.717) is 5.92 Å². The van der Waals surface area contributed by atoms with Crippen LogP contribution in [0, 0.1) is 5.92 Å². The SMILES string of the molecule is CCC.CCC1CCNC1=O. The summed E-state index contributed by atoms with van der Waals surface area (Å²) in [5.74, 6) is 0.558. The van der Waals surface area contributed by atoms with Crippen molar-refractivity contribution in [3.63, 3.8) is 0 Å². The van der Waals surface area contributed by atoms with E-state index in [2.05, 4.69) is 26.1 Å². The van der Waals surface area contributed by atoms with Crippen LogP contribution in [0.25, 0.3) is 0 Å². The standard InChI is InChI=1S/C6H11NO.C3H8/c1-2-5-3-4-7-6(5)8;1-3-2/h5H,2-4H2,1H3,(H,7,8);3H2,1-2H3. The van der Waals surface area contributed by atoms with Gasteiger partial charge in [0.15, 0.2) is 0 Å². The Bertz CT molecular complexity index is 112. The topological polar surface area (TPSA) is 29.1 Å². The Labute approximate surface area is 69.4 Å². The highest BCUT2D eigenvalue weighted by Gasteiger charge is 2.20. The average Bonchev–Trinajstić information content (AvgIpc) is 2.36. The van der Waals surface area contributed by atoms with E-state index in [-0.39, 0.29) is 5.91 Å². The molecule has 1 aliphatic rings. The number of hydrogen-bond donors (Lipinski definition) is 1. The molecule has 1 heterocycles. The van der Waals surface area contributed by atoms with Gasteiger partial charge in [0.05, 0.1) is 0 Å². The molecule has 0 aromatic rings. The molecule has 0 saturated carbocycles. The summed E-state index contributed by atoms with van der Waals surface area (Å²) >= 11 is 0. The van der Waals surface area contributed by atoms with E-state index in [9.17, 15) is 4.79 Å². The molecule has 66 valence electrons. The lowest BCUT2D eigenvalue weighted by Gasteiger charge is -1.97. The van der Waals surface area contributed by atoms with Crippen molar-refractivity contribution in [1.29, 1.82) is 0 Å². The van der Waals surface area contributed by atoms with Gasteiger partial charge in [-0.15, -0.1) is 0 Å². The molecule has 0 aromatic heterocycles. The van der Waals surface area contributed by atoms with Crippen molar-refractivity contribution in [2.75, 3.05) is 6.54 Å². The Morgan fingerprint density at radius 1 is 1.45 bits per heavy atom. The second-order valence-electron chi connectivity index (χ2n) is 2.89. The van der Waals surface area contributed by atoms with Gasteiger partial charge in [-0.1, -0.05) is 27.2 Å². The fourth-order valence-corrected chi connectivity index (χ4v) is 1.03. The Kier molecular flexibility index (Phi) is 5.90. The maximum atomic E-state index is 10.7. The van der Waals surface area contributed by atoms with Crippen LogP contribution in [0.15, 0.2) is 0 Å². The van der Waals surface area contributed by atoms with Gasteiger partial charge in [-0.05, 0) is 12.8 Å². The van der Waals surface area contributed by atoms with Crippen molar-refractivity contribution >= 4 is 5.91 Å². The number of hydrogen-bond acceptors (Lipinski definition) is 1. The minimum absolute atomic E-state index is 0.243. The highest BCUT2D eigenvalue weighted by atomic mass is 16.2. The van der Waals surface area contributed by atoms with Crippen LogP contribution in [-0.4, -0.2) is 12.5 Å². The summed E-state index contributed by atoms with van der Waals surface area (Å²) < 4.78 is 0. The first kappa shape index (κ1) is 10.5. The largest absolute Gasteiger partial charge is 0.356 e. The van der Waals surface area contributed by atoms with Crippen LogP contribution in [-0.2, 0) is 4.79 Å². The van der Waals surface area contributed by atoms with Gasteiger partial charge in [-0.2, -0.15) is 0 Å². The molecule has 0 bridgehead atoms. The summed E-state index contributed by atoms with van der Waals surface area (Å²) in [6, 6.07) is 0. The van der Waals surface area contributed by atoms with Crippen LogP contribution >= 0.6 is 0 Å². The summed E-state index contributed by atoms with van der Waals surface area (Å²) in [5, 5.41) is 2.78. The van der Waals surface area contributed by atoms with Crippen molar-refractivity contribution in [3.8, 4) is 0 Å². The van der Waals surface area contributed by atoms with Crippen LogP contribution in [0.5, 0.6) is 0 Å². The number of carbonyl (C=O) groups excluding carboxylic acids is 1. The molecular weight excluding hydrogens is 138 g/mol. The van der Waals surface area contributed by atoms with Gasteiger partial charge in [0.1, 0.15) is 0 Å². The highest BCUT2D eigenvalue weighted by Crippen LogP contribution is 2.11. The maximum Gasteiger partial charge on any atom is 0.223 e. The molecule has 11 heavy (non-hydrogen) atoms. The van der Waals surface area contributed by atoms with Crippen molar-refractivity contribution < 1.29 is 4.79 Å². The Morgan fingerprint density at radius 2 is 2.00 bits per heavy atom. The monoisotopic (exact) mass is 157 g/mol. The average molecular weight is 157 g/mol. The quantitative estimate of drug-likeness (QED) is 0.619. The zero-order valence-electron chi connectivity index (χ0n) is 7.81. The number of carbonyl (C=O) groups is 1. The van der Waals surface area contributed by atoms with Gasteiger partial charge in [-0.3, -0.25) is 4.79 Å². The van der Waals surface area contributed by atoms with E-state index in [1.54, 1.807) is 0 Å². The lowest BCUT2D eigenvalue weighted by molar-refractivity contribution is -0.122. The molecule has 1 unspecified atom stereocenters. The van der Waals surface area contributed by atoms with E-state index < -0.39 is 0 Å². The van der Waals surface area contributed by atoms with E-state index in [0.717, 1.165) is 19.4 Å². The molecule has 1 saturated heterocycles. The number of rotatable bonds is 1. The van der Waals surface area contributed by atoms with Gasteiger partial charge in [-0.25, -0.2) is 0 Å². The Morgan fingerprint density at radius 3 is 2.18 bits per heavy atom. The minimum atomic E-state index is 0.243. The second kappa shape index (κ2) is 6.20. The van der Waals surface area contributed by atoms with Gasteiger partial charge in [0, 0.05) is 12.5 Å². The van der Waals surface area contributed by atoms with Crippen LogP contribution in [0.1, 0.15) is 40.0 Å². The first-order chi connectivity index (χ1) is 5.26. The predicted octanol–water partition coefficient (Wildman–Crippen LogP) is 1.95. The van der Waals surface area contributed by atoms with Crippen LogP contribution in [0.3, 0.4) is 0 Å². The molecular formula is C9H19NO. The summed E-state index contributed by atoms with van der Waals surface area (Å²) in [5.41, 5.74) is 0. The Hall–Kier alpha value is -0.530. The maximum absolute atomic E-state index is 10.7. The Balaban J connectivity index is 0.000000292. The van der Waals surface area contributed by atoms with E-state index in [4.69, 9.17) is 0 Å². The normalized spacial score (nSPS) is 22.1. The summed E-state index contributed by atoms with van der Waals surface area (Å²) in [6.07, 6.45) is 3.28. The number of nitrogens with one attached hydrogen (secondary N) is 1. The molecule has 0 radical (unpaired) electrons. The van der Waals surface area contributed by atoms with E-state index >= 15 is 0 Å². The molecule has 0 spiro atoms. The van der Waals surface area contributed by atoms with Crippen molar-refractivity contribution in [2.24, 2.45) is 5.92 Å². The zero-order chi connectivity index (χ0) is 8.69. The third-order valence-electron chi connectivity index (χ3n) is 1.66. The van der Waals surface area contributed by atoms with Crippen molar-refractivity contribution in [3.05, 3.63) is 0 Å². The van der Waals surface area contributed by atoms with Crippen LogP contribution < -0.4 is 5.32 Å². The first-order valence-electron chi connectivity index (χ1n) is 4.53. The third-order valence-corrected chi connectivity index (χ3v) is 1.66. The molecule has 1 atom stereocenters. The van der Waals surface area contributed by atoms with Gasteiger partial charge >= 0.3 is 0 Å². The van der Waals surface area contributed by atoms with Gasteiger partial charge in [0.25, 0.3) is 0 Å². The van der Waals surface area contributed by atoms with Crippen molar-refractivity contribution in [1.82, 2.24) is 5.32 Å². The second-order valence-corrected chi connectivity index (χ2v) is 2.89. The third kappa shape index (κ3) is 4.02. The van der Waals surface area contributed by atoms with E-state index in [1.165, 1.54) is 6.42 Å². The lowest BCUT2D eigenvalue weighted by atomic mass is 10.1. The molecule has 0 aromatic carbocycles. The molecule has 1 aliphatic heterocycles. The number of amides is 1. The summed E-state index contributed by atoms with van der Waals surface area (Å²) in [7, 11) is 0. The fourth-order valence-electron chi connectivity index (χ4n) is 1.03. The fraction of sp³-hybridized carbons (Fsp3) is 0.889. The smallest absolute Gasteiger partial charge is 0.223 e. The predicted molar refractivity (Wildman–Crippen MR) is 47.4 cm³/mol.